The number of benzene rings is 2. The second-order valence-corrected chi connectivity index (χ2v) is 10.9. The maximum atomic E-state index is 13.9. The van der Waals surface area contributed by atoms with E-state index >= 15 is 0 Å². The molecule has 0 atom stereocenters. The Morgan fingerprint density at radius 1 is 1.17 bits per heavy atom. The van der Waals surface area contributed by atoms with Crippen molar-refractivity contribution in [3.8, 4) is 5.75 Å². The van der Waals surface area contributed by atoms with Crippen molar-refractivity contribution in [1.82, 2.24) is 10.2 Å². The van der Waals surface area contributed by atoms with Crippen LogP contribution >= 0.6 is 15.9 Å². The van der Waals surface area contributed by atoms with Gasteiger partial charge in [-0.3, -0.25) is 9.59 Å². The van der Waals surface area contributed by atoms with Crippen LogP contribution in [0.1, 0.15) is 53.6 Å². The molecular weight excluding hydrogens is 508 g/mol. The number of amides is 2. The third-order valence-corrected chi connectivity index (χ3v) is 8.44. The van der Waals surface area contributed by atoms with Crippen molar-refractivity contribution in [2.75, 3.05) is 37.4 Å². The lowest BCUT2D eigenvalue weighted by atomic mass is 9.79. The number of methoxy groups -OCH3 is 1. The van der Waals surface area contributed by atoms with E-state index in [0.29, 0.717) is 36.6 Å². The van der Waals surface area contributed by atoms with Gasteiger partial charge >= 0.3 is 0 Å². The second-order valence-electron chi connectivity index (χ2n) is 10.0. The van der Waals surface area contributed by atoms with E-state index in [-0.39, 0.29) is 11.8 Å². The molecular formula is C27H33BrN4O3. The summed E-state index contributed by atoms with van der Waals surface area (Å²) in [6.45, 7) is 5.33. The van der Waals surface area contributed by atoms with Gasteiger partial charge in [-0.05, 0) is 49.1 Å². The largest absolute Gasteiger partial charge is 0.496 e. The van der Waals surface area contributed by atoms with Crippen molar-refractivity contribution in [1.29, 1.82) is 0 Å². The highest BCUT2D eigenvalue weighted by atomic mass is 79.9. The van der Waals surface area contributed by atoms with Gasteiger partial charge in [0.1, 0.15) is 11.3 Å². The van der Waals surface area contributed by atoms with Crippen LogP contribution in [0.15, 0.2) is 34.8 Å². The van der Waals surface area contributed by atoms with Gasteiger partial charge in [-0.25, -0.2) is 0 Å². The van der Waals surface area contributed by atoms with E-state index in [1.807, 2.05) is 42.2 Å². The van der Waals surface area contributed by atoms with Gasteiger partial charge in [0.25, 0.3) is 5.91 Å². The lowest BCUT2D eigenvalue weighted by Crippen LogP contribution is -2.58. The molecule has 2 aromatic rings. The van der Waals surface area contributed by atoms with Gasteiger partial charge in [-0.15, -0.1) is 0 Å². The first-order chi connectivity index (χ1) is 16.9. The van der Waals surface area contributed by atoms with Crippen molar-refractivity contribution < 1.29 is 14.3 Å². The standard InChI is InChI=1S/C27H33BrN4O3/c1-17-6-7-19(12-24(17)35-2)31-26(34)27(8-4-3-5-9-27)32-16-22-21(25(32)33)10-20(11-23(22)28)30-15-18-13-29-14-18/h6-7,10-12,18,29-30H,3-5,8-9,13-16H2,1-2H3,(H,31,34). The second kappa shape index (κ2) is 9.82. The van der Waals surface area contributed by atoms with Crippen LogP contribution in [-0.2, 0) is 11.3 Å². The average Bonchev–Trinajstić information content (AvgIpc) is 3.17. The molecule has 2 heterocycles. The van der Waals surface area contributed by atoms with Crippen molar-refractivity contribution in [2.24, 2.45) is 5.92 Å². The number of hydrogen-bond donors (Lipinski definition) is 3. The van der Waals surface area contributed by atoms with Gasteiger partial charge in [0, 0.05) is 59.6 Å². The molecule has 1 saturated carbocycles. The Labute approximate surface area is 215 Å². The van der Waals surface area contributed by atoms with Crippen molar-refractivity contribution in [3.63, 3.8) is 0 Å². The molecule has 0 aromatic heterocycles. The highest BCUT2D eigenvalue weighted by Gasteiger charge is 2.50. The van der Waals surface area contributed by atoms with E-state index in [4.69, 9.17) is 4.74 Å². The Balaban J connectivity index is 1.41. The lowest BCUT2D eigenvalue weighted by molar-refractivity contribution is -0.129. The van der Waals surface area contributed by atoms with Gasteiger partial charge in [-0.2, -0.15) is 0 Å². The molecule has 3 N–H and O–H groups in total. The molecule has 2 amide bonds. The fourth-order valence-corrected chi connectivity index (χ4v) is 6.05. The molecule has 2 aromatic carbocycles. The predicted octanol–water partition coefficient (Wildman–Crippen LogP) is 4.69. The van der Waals surface area contributed by atoms with Crippen LogP contribution < -0.4 is 20.7 Å². The minimum Gasteiger partial charge on any atom is -0.496 e. The van der Waals surface area contributed by atoms with Crippen LogP contribution in [0, 0.1) is 12.8 Å². The van der Waals surface area contributed by atoms with Crippen molar-refractivity contribution >= 4 is 39.1 Å². The molecule has 2 aliphatic heterocycles. The number of nitrogens with one attached hydrogen (secondary N) is 3. The van der Waals surface area contributed by atoms with E-state index in [1.165, 1.54) is 0 Å². The molecule has 186 valence electrons. The predicted molar refractivity (Wildman–Crippen MR) is 141 cm³/mol. The Morgan fingerprint density at radius 2 is 1.94 bits per heavy atom. The molecule has 8 heteroatoms. The quantitative estimate of drug-likeness (QED) is 0.474. The van der Waals surface area contributed by atoms with E-state index in [1.54, 1.807) is 7.11 Å². The molecule has 0 bridgehead atoms. The first-order valence-corrected chi connectivity index (χ1v) is 13.3. The monoisotopic (exact) mass is 540 g/mol. The van der Waals surface area contributed by atoms with E-state index in [9.17, 15) is 9.59 Å². The normalized spacial score (nSPS) is 19.2. The third kappa shape index (κ3) is 4.54. The van der Waals surface area contributed by atoms with E-state index < -0.39 is 5.54 Å². The summed E-state index contributed by atoms with van der Waals surface area (Å²) in [4.78, 5) is 29.5. The molecule has 0 spiro atoms. The smallest absolute Gasteiger partial charge is 0.255 e. The number of rotatable bonds is 7. The van der Waals surface area contributed by atoms with Crippen LogP contribution in [0.2, 0.25) is 0 Å². The zero-order valence-corrected chi connectivity index (χ0v) is 22.0. The van der Waals surface area contributed by atoms with Crippen molar-refractivity contribution in [2.45, 2.75) is 51.1 Å². The molecule has 5 rings (SSSR count). The SMILES string of the molecule is COc1cc(NC(=O)C2(N3Cc4c(Br)cc(NCC5CNC5)cc4C3=O)CCCCC2)ccc1C. The Bertz CT molecular complexity index is 1140. The number of hydrogen-bond acceptors (Lipinski definition) is 5. The lowest BCUT2D eigenvalue weighted by Gasteiger charge is -2.43. The summed E-state index contributed by atoms with van der Waals surface area (Å²) in [5.41, 5.74) is 3.41. The molecule has 1 saturated heterocycles. The minimum atomic E-state index is -0.864. The number of halogens is 1. The highest BCUT2D eigenvalue weighted by Crippen LogP contribution is 2.42. The molecule has 3 aliphatic rings. The Kier molecular flexibility index (Phi) is 6.77. The van der Waals surface area contributed by atoms with Crippen LogP contribution in [0.5, 0.6) is 5.75 Å². The number of aryl methyl sites for hydroxylation is 1. The zero-order chi connectivity index (χ0) is 24.6. The first-order valence-electron chi connectivity index (χ1n) is 12.5. The molecule has 0 radical (unpaired) electrons. The fourth-order valence-electron chi connectivity index (χ4n) is 5.47. The van der Waals surface area contributed by atoms with E-state index in [2.05, 4.69) is 31.9 Å². The van der Waals surface area contributed by atoms with Gasteiger partial charge in [0.2, 0.25) is 5.91 Å². The Hall–Kier alpha value is -2.58. The summed E-state index contributed by atoms with van der Waals surface area (Å²) in [6, 6.07) is 9.67. The topological polar surface area (TPSA) is 82.7 Å². The van der Waals surface area contributed by atoms with Gasteiger partial charge < -0.3 is 25.6 Å². The maximum absolute atomic E-state index is 13.9. The van der Waals surface area contributed by atoms with E-state index in [0.717, 1.165) is 65.9 Å². The zero-order valence-electron chi connectivity index (χ0n) is 20.4. The summed E-state index contributed by atoms with van der Waals surface area (Å²) in [5.74, 6) is 1.17. The highest BCUT2D eigenvalue weighted by molar-refractivity contribution is 9.10. The summed E-state index contributed by atoms with van der Waals surface area (Å²) >= 11 is 3.70. The summed E-state index contributed by atoms with van der Waals surface area (Å²) in [6.07, 6.45) is 4.26. The maximum Gasteiger partial charge on any atom is 0.255 e. The summed E-state index contributed by atoms with van der Waals surface area (Å²) in [7, 11) is 1.63. The molecule has 1 aliphatic carbocycles. The van der Waals surface area contributed by atoms with Crippen LogP contribution in [-0.4, -0.2) is 49.0 Å². The van der Waals surface area contributed by atoms with Crippen LogP contribution in [0.25, 0.3) is 0 Å². The number of fused-ring (bicyclic) bond motifs is 1. The average molecular weight is 541 g/mol. The van der Waals surface area contributed by atoms with Crippen molar-refractivity contribution in [3.05, 3.63) is 51.5 Å². The number of carbonyl (C=O) groups is 2. The molecule has 7 nitrogen and oxygen atoms in total. The molecule has 0 unspecified atom stereocenters. The number of anilines is 2. The van der Waals surface area contributed by atoms with Gasteiger partial charge in [0.05, 0.1) is 7.11 Å². The summed E-state index contributed by atoms with van der Waals surface area (Å²) in [5, 5.41) is 9.87. The Morgan fingerprint density at radius 3 is 2.63 bits per heavy atom. The van der Waals surface area contributed by atoms with Gasteiger partial charge in [0.15, 0.2) is 0 Å². The molecule has 35 heavy (non-hydrogen) atoms. The number of ether oxygens (including phenoxy) is 1. The van der Waals surface area contributed by atoms with Crippen LogP contribution in [0.4, 0.5) is 11.4 Å². The number of nitrogens with zero attached hydrogens (tertiary/aromatic N) is 1. The minimum absolute atomic E-state index is 0.0619. The summed E-state index contributed by atoms with van der Waals surface area (Å²) < 4.78 is 6.35. The first kappa shape index (κ1) is 24.1. The third-order valence-electron chi connectivity index (χ3n) is 7.73. The molecule has 2 fully saturated rings. The number of carbonyl (C=O) groups excluding carboxylic acids is 2. The van der Waals surface area contributed by atoms with Gasteiger partial charge in [-0.1, -0.05) is 41.3 Å². The fraction of sp³-hybridized carbons (Fsp3) is 0.481. The van der Waals surface area contributed by atoms with Crippen LogP contribution in [0.3, 0.4) is 0 Å².